The molecule has 1 atom stereocenters. The Morgan fingerprint density at radius 1 is 1.27 bits per heavy atom. The quantitative estimate of drug-likeness (QED) is 0.481. The molecule has 3 heterocycles. The van der Waals surface area contributed by atoms with Gasteiger partial charge in [0, 0.05) is 24.0 Å². The van der Waals surface area contributed by atoms with Crippen molar-refractivity contribution in [2.45, 2.75) is 45.0 Å². The van der Waals surface area contributed by atoms with Gasteiger partial charge in [-0.2, -0.15) is 12.8 Å². The van der Waals surface area contributed by atoms with E-state index in [9.17, 15) is 22.0 Å². The van der Waals surface area contributed by atoms with Gasteiger partial charge in [-0.1, -0.05) is 20.8 Å². The van der Waals surface area contributed by atoms with Gasteiger partial charge in [0.15, 0.2) is 5.82 Å². The van der Waals surface area contributed by atoms with E-state index in [1.54, 1.807) is 20.8 Å². The lowest BCUT2D eigenvalue weighted by Crippen LogP contribution is -2.44. The number of carbonyl (C=O) groups is 1. The molecule has 0 radical (unpaired) electrons. The van der Waals surface area contributed by atoms with Crippen LogP contribution < -0.4 is 5.32 Å². The molecule has 0 bridgehead atoms. The molecule has 1 amide bonds. The first-order valence-electron chi connectivity index (χ1n) is 9.76. The Kier molecular flexibility index (Phi) is 6.59. The van der Waals surface area contributed by atoms with Gasteiger partial charge in [0.05, 0.1) is 5.56 Å². The van der Waals surface area contributed by atoms with Crippen molar-refractivity contribution in [2.75, 3.05) is 0 Å². The Balaban J connectivity index is 2.22. The van der Waals surface area contributed by atoms with Crippen LogP contribution in [0, 0.1) is 17.2 Å². The van der Waals surface area contributed by atoms with E-state index < -0.39 is 62.4 Å². The van der Waals surface area contributed by atoms with Gasteiger partial charge in [0.1, 0.15) is 18.1 Å². The number of halogens is 3. The number of hydrogen-bond donors (Lipinski definition) is 2. The van der Waals surface area contributed by atoms with Crippen LogP contribution in [0.1, 0.15) is 32.1 Å². The maximum Gasteiger partial charge on any atom is 0.404 e. The average molecular weight is 485 g/mol. The predicted molar refractivity (Wildman–Crippen MR) is 112 cm³/mol. The molecule has 0 aromatic carbocycles. The van der Waals surface area contributed by atoms with E-state index in [1.807, 2.05) is 0 Å². The number of carboxylic acid groups (broad SMARTS) is 1. The highest BCUT2D eigenvalue weighted by molar-refractivity contribution is 7.89. The number of aromatic nitrogens is 2. The topological polar surface area (TPSA) is 114 Å². The van der Waals surface area contributed by atoms with Gasteiger partial charge in [-0.3, -0.25) is 0 Å². The molecule has 178 valence electrons. The number of alkyl halides is 1. The van der Waals surface area contributed by atoms with Crippen LogP contribution >= 0.6 is 0 Å². The molecule has 0 aliphatic carbocycles. The lowest BCUT2D eigenvalue weighted by Gasteiger charge is -2.30. The highest BCUT2D eigenvalue weighted by Crippen LogP contribution is 2.34. The minimum atomic E-state index is -4.61. The van der Waals surface area contributed by atoms with Crippen LogP contribution in [-0.4, -0.2) is 34.6 Å². The largest absolute Gasteiger partial charge is 0.465 e. The molecule has 3 rings (SSSR count). The molecule has 0 saturated carbocycles. The fraction of sp³-hybridized carbons (Fsp3) is 0.333. The highest BCUT2D eigenvalue weighted by Gasteiger charge is 2.33. The normalized spacial score (nSPS) is 13.2. The maximum absolute atomic E-state index is 15.6. The van der Waals surface area contributed by atoms with Crippen LogP contribution in [0.25, 0.3) is 11.3 Å². The van der Waals surface area contributed by atoms with Gasteiger partial charge in [0.25, 0.3) is 0 Å². The summed E-state index contributed by atoms with van der Waals surface area (Å²) in [4.78, 5) is 14.7. The van der Waals surface area contributed by atoms with Crippen molar-refractivity contribution in [1.29, 1.82) is 0 Å². The second-order valence-electron chi connectivity index (χ2n) is 8.39. The van der Waals surface area contributed by atoms with Crippen molar-refractivity contribution >= 4 is 16.1 Å². The zero-order chi connectivity index (χ0) is 24.6. The average Bonchev–Trinajstić information content (AvgIpc) is 3.33. The van der Waals surface area contributed by atoms with Gasteiger partial charge in [-0.25, -0.2) is 22.5 Å². The Hall–Kier alpha value is -3.28. The number of hydrogen-bond acceptors (Lipinski definition) is 5. The molecule has 33 heavy (non-hydrogen) atoms. The third-order valence-corrected chi connectivity index (χ3v) is 6.58. The first-order valence-corrected chi connectivity index (χ1v) is 11.2. The number of nitrogens with zero attached hydrogens (tertiary/aromatic N) is 2. The van der Waals surface area contributed by atoms with Crippen LogP contribution in [0.3, 0.4) is 0 Å². The molecule has 3 aromatic heterocycles. The van der Waals surface area contributed by atoms with Crippen molar-refractivity contribution in [1.82, 2.24) is 14.3 Å². The first-order chi connectivity index (χ1) is 15.4. The van der Waals surface area contributed by atoms with E-state index in [1.165, 1.54) is 6.07 Å². The summed E-state index contributed by atoms with van der Waals surface area (Å²) < 4.78 is 74.9. The lowest BCUT2D eigenvalue weighted by molar-refractivity contribution is 0.174. The molecular formula is C21H22F3N3O5S. The van der Waals surface area contributed by atoms with Gasteiger partial charge >= 0.3 is 16.1 Å². The Morgan fingerprint density at radius 3 is 2.52 bits per heavy atom. The summed E-state index contributed by atoms with van der Waals surface area (Å²) in [6.07, 6.45) is 0.487. The van der Waals surface area contributed by atoms with Crippen LogP contribution in [0.5, 0.6) is 0 Å². The second-order valence-corrected chi connectivity index (χ2v) is 10.1. The molecule has 0 saturated heterocycles. The number of amides is 1. The SMILES string of the molecule is CC(C)(C)C(Cc1cn(S(=O)(=O)c2ccc(CF)o2)c(-c2cccnc2F)c1F)NC(=O)O. The van der Waals surface area contributed by atoms with E-state index in [2.05, 4.69) is 10.3 Å². The molecule has 2 N–H and O–H groups in total. The number of rotatable bonds is 7. The maximum atomic E-state index is 15.6. The van der Waals surface area contributed by atoms with Crippen LogP contribution in [-0.2, 0) is 23.1 Å². The lowest BCUT2D eigenvalue weighted by atomic mass is 9.83. The molecule has 0 fully saturated rings. The Labute approximate surface area is 188 Å². The summed E-state index contributed by atoms with van der Waals surface area (Å²) in [5, 5.41) is 10.8. The summed E-state index contributed by atoms with van der Waals surface area (Å²) in [7, 11) is -4.61. The van der Waals surface area contributed by atoms with E-state index in [4.69, 9.17) is 9.52 Å². The van der Waals surface area contributed by atoms with E-state index >= 15 is 4.39 Å². The van der Waals surface area contributed by atoms with Crippen molar-refractivity contribution in [2.24, 2.45) is 5.41 Å². The molecule has 0 spiro atoms. The van der Waals surface area contributed by atoms with Crippen molar-refractivity contribution < 1.29 is 35.9 Å². The monoisotopic (exact) mass is 485 g/mol. The van der Waals surface area contributed by atoms with Gasteiger partial charge in [-0.15, -0.1) is 0 Å². The summed E-state index contributed by atoms with van der Waals surface area (Å²) in [6, 6.07) is 3.78. The second kappa shape index (κ2) is 8.93. The number of furan rings is 1. The minimum absolute atomic E-state index is 0.178. The highest BCUT2D eigenvalue weighted by atomic mass is 32.2. The minimum Gasteiger partial charge on any atom is -0.465 e. The van der Waals surface area contributed by atoms with Crippen molar-refractivity contribution in [3.05, 3.63) is 59.7 Å². The van der Waals surface area contributed by atoms with Crippen LogP contribution in [0.2, 0.25) is 0 Å². The zero-order valence-electron chi connectivity index (χ0n) is 18.0. The number of nitrogens with one attached hydrogen (secondary N) is 1. The molecule has 12 heteroatoms. The van der Waals surface area contributed by atoms with E-state index in [0.29, 0.717) is 3.97 Å². The van der Waals surface area contributed by atoms with Crippen LogP contribution in [0.15, 0.2) is 46.2 Å². The molecule has 3 aromatic rings. The zero-order valence-corrected chi connectivity index (χ0v) is 18.8. The fourth-order valence-electron chi connectivity index (χ4n) is 3.25. The molecular weight excluding hydrogens is 463 g/mol. The van der Waals surface area contributed by atoms with Gasteiger partial charge < -0.3 is 14.8 Å². The summed E-state index contributed by atoms with van der Waals surface area (Å²) in [5.41, 5.74) is -1.91. The predicted octanol–water partition coefficient (Wildman–Crippen LogP) is 4.35. The fourth-order valence-corrected chi connectivity index (χ4v) is 4.58. The summed E-state index contributed by atoms with van der Waals surface area (Å²) in [5.74, 6) is -2.43. The van der Waals surface area contributed by atoms with Gasteiger partial charge in [-0.05, 0) is 36.1 Å². The third kappa shape index (κ3) is 4.90. The smallest absolute Gasteiger partial charge is 0.404 e. The Bertz CT molecular complexity index is 1280. The summed E-state index contributed by atoms with van der Waals surface area (Å²) >= 11 is 0. The number of pyridine rings is 1. The van der Waals surface area contributed by atoms with E-state index in [-0.39, 0.29) is 17.7 Å². The molecule has 1 unspecified atom stereocenters. The third-order valence-electron chi connectivity index (χ3n) is 5.05. The molecule has 0 aliphatic heterocycles. The molecule has 8 nitrogen and oxygen atoms in total. The van der Waals surface area contributed by atoms with Crippen molar-refractivity contribution in [3.8, 4) is 11.3 Å². The summed E-state index contributed by atoms with van der Waals surface area (Å²) in [6.45, 7) is 4.12. The van der Waals surface area contributed by atoms with E-state index in [0.717, 1.165) is 30.6 Å². The van der Waals surface area contributed by atoms with Gasteiger partial charge in [0.2, 0.25) is 11.0 Å². The van der Waals surface area contributed by atoms with Crippen molar-refractivity contribution in [3.63, 3.8) is 0 Å². The first kappa shape index (κ1) is 24.4. The molecule has 0 aliphatic rings. The van der Waals surface area contributed by atoms with Crippen LogP contribution in [0.4, 0.5) is 18.0 Å². The Morgan fingerprint density at radius 2 is 1.97 bits per heavy atom. The standard InChI is InChI=1S/C21H22F3N3O5S/c1-21(2,3)15(26-20(28)29)9-12-11-27(33(30,31)16-7-6-13(10-22)32-16)18(17(12)23)14-5-4-8-25-19(14)24/h4-8,11,15,26H,9-10H2,1-3H3,(H,28,29).